The lowest BCUT2D eigenvalue weighted by atomic mass is 10.0. The number of ether oxygens (including phenoxy) is 2. The van der Waals surface area contributed by atoms with Crippen LogP contribution in [0.4, 0.5) is 5.69 Å². The van der Waals surface area contributed by atoms with Crippen LogP contribution in [0, 0.1) is 0 Å². The molecule has 2 aliphatic rings. The summed E-state index contributed by atoms with van der Waals surface area (Å²) in [7, 11) is 2.05. The third-order valence-corrected chi connectivity index (χ3v) is 3.79. The number of hydrogen-bond donors (Lipinski definition) is 1. The number of fused-ring (bicyclic) bond motifs is 1. The molecule has 1 aromatic carbocycles. The molecule has 0 saturated carbocycles. The van der Waals surface area contributed by atoms with Crippen LogP contribution in [0.5, 0.6) is 11.5 Å². The summed E-state index contributed by atoms with van der Waals surface area (Å²) in [4.78, 5) is 2.42. The second-order valence-corrected chi connectivity index (χ2v) is 4.88. The molecule has 0 spiro atoms. The van der Waals surface area contributed by atoms with E-state index in [-0.39, 0.29) is 0 Å². The van der Waals surface area contributed by atoms with Crippen LogP contribution in [0.3, 0.4) is 0 Å². The number of nitrogens with one attached hydrogen (secondary N) is 1. The van der Waals surface area contributed by atoms with Gasteiger partial charge < -0.3 is 19.7 Å². The van der Waals surface area contributed by atoms with E-state index in [4.69, 9.17) is 9.47 Å². The standard InChI is InChI=1S/C14H20N2O2/c1-15-11-4-6-16(7-5-11)12-2-3-13-14(10-12)18-9-8-17-13/h2-3,10-11,15H,4-9H2,1H3. The summed E-state index contributed by atoms with van der Waals surface area (Å²) in [6.07, 6.45) is 2.40. The van der Waals surface area contributed by atoms with Crippen molar-refractivity contribution in [2.75, 3.05) is 38.3 Å². The van der Waals surface area contributed by atoms with Crippen molar-refractivity contribution in [1.29, 1.82) is 0 Å². The molecule has 4 nitrogen and oxygen atoms in total. The van der Waals surface area contributed by atoms with E-state index >= 15 is 0 Å². The molecule has 0 amide bonds. The highest BCUT2D eigenvalue weighted by Crippen LogP contribution is 2.34. The van der Waals surface area contributed by atoms with Crippen LogP contribution < -0.4 is 19.7 Å². The predicted molar refractivity (Wildman–Crippen MR) is 71.7 cm³/mol. The molecule has 1 N–H and O–H groups in total. The average molecular weight is 248 g/mol. The van der Waals surface area contributed by atoms with Gasteiger partial charge >= 0.3 is 0 Å². The van der Waals surface area contributed by atoms with E-state index in [1.165, 1.54) is 18.5 Å². The van der Waals surface area contributed by atoms with Crippen molar-refractivity contribution in [3.05, 3.63) is 18.2 Å². The number of piperidine rings is 1. The van der Waals surface area contributed by atoms with Crippen LogP contribution in [0.25, 0.3) is 0 Å². The molecule has 0 unspecified atom stereocenters. The van der Waals surface area contributed by atoms with Gasteiger partial charge in [0, 0.05) is 30.9 Å². The second kappa shape index (κ2) is 5.06. The van der Waals surface area contributed by atoms with E-state index in [1.54, 1.807) is 0 Å². The van der Waals surface area contributed by atoms with Crippen LogP contribution in [0.2, 0.25) is 0 Å². The molecule has 2 heterocycles. The Morgan fingerprint density at radius 2 is 1.83 bits per heavy atom. The summed E-state index contributed by atoms with van der Waals surface area (Å²) >= 11 is 0. The second-order valence-electron chi connectivity index (χ2n) is 4.88. The van der Waals surface area contributed by atoms with Crippen LogP contribution in [-0.2, 0) is 0 Å². The number of anilines is 1. The number of nitrogens with zero attached hydrogens (tertiary/aromatic N) is 1. The molecule has 98 valence electrons. The molecule has 0 atom stereocenters. The monoisotopic (exact) mass is 248 g/mol. The zero-order valence-corrected chi connectivity index (χ0v) is 10.8. The molecule has 1 saturated heterocycles. The summed E-state index contributed by atoms with van der Waals surface area (Å²) in [5, 5.41) is 3.35. The third-order valence-electron chi connectivity index (χ3n) is 3.79. The van der Waals surface area contributed by atoms with E-state index in [9.17, 15) is 0 Å². The zero-order chi connectivity index (χ0) is 12.4. The largest absolute Gasteiger partial charge is 0.486 e. The van der Waals surface area contributed by atoms with Crippen molar-refractivity contribution < 1.29 is 9.47 Å². The summed E-state index contributed by atoms with van der Waals surface area (Å²) in [5.74, 6) is 1.75. The quantitative estimate of drug-likeness (QED) is 0.863. The summed E-state index contributed by atoms with van der Waals surface area (Å²) in [6.45, 7) is 3.51. The van der Waals surface area contributed by atoms with Gasteiger partial charge in [-0.25, -0.2) is 0 Å². The van der Waals surface area contributed by atoms with Crippen LogP contribution in [-0.4, -0.2) is 39.4 Å². The third kappa shape index (κ3) is 2.25. The van der Waals surface area contributed by atoms with Crippen molar-refractivity contribution in [3.63, 3.8) is 0 Å². The van der Waals surface area contributed by atoms with Gasteiger partial charge in [0.25, 0.3) is 0 Å². The zero-order valence-electron chi connectivity index (χ0n) is 10.8. The van der Waals surface area contributed by atoms with Gasteiger partial charge in [0.15, 0.2) is 11.5 Å². The first-order valence-electron chi connectivity index (χ1n) is 6.68. The lowest BCUT2D eigenvalue weighted by Crippen LogP contribution is -2.41. The highest BCUT2D eigenvalue weighted by atomic mass is 16.6. The Morgan fingerprint density at radius 1 is 1.11 bits per heavy atom. The maximum absolute atomic E-state index is 5.63. The fraction of sp³-hybridized carbons (Fsp3) is 0.571. The molecule has 0 bridgehead atoms. The Hall–Kier alpha value is -1.42. The summed E-state index contributed by atoms with van der Waals surface area (Å²) in [5.41, 5.74) is 1.24. The first-order chi connectivity index (χ1) is 8.86. The Morgan fingerprint density at radius 3 is 2.56 bits per heavy atom. The Bertz CT molecular complexity index is 414. The molecule has 18 heavy (non-hydrogen) atoms. The molecule has 3 rings (SSSR count). The minimum absolute atomic E-state index is 0.651. The first-order valence-corrected chi connectivity index (χ1v) is 6.68. The van der Waals surface area contributed by atoms with Gasteiger partial charge in [-0.05, 0) is 32.0 Å². The Balaban J connectivity index is 1.73. The molecule has 1 aromatic rings. The highest BCUT2D eigenvalue weighted by Gasteiger charge is 2.20. The molecule has 0 radical (unpaired) electrons. The van der Waals surface area contributed by atoms with Crippen molar-refractivity contribution in [2.24, 2.45) is 0 Å². The average Bonchev–Trinajstić information content (AvgIpc) is 2.47. The normalized spacial score (nSPS) is 19.9. The summed E-state index contributed by atoms with van der Waals surface area (Å²) in [6, 6.07) is 6.92. The van der Waals surface area contributed by atoms with Crippen molar-refractivity contribution in [1.82, 2.24) is 5.32 Å². The van der Waals surface area contributed by atoms with Crippen molar-refractivity contribution in [2.45, 2.75) is 18.9 Å². The molecular formula is C14H20N2O2. The minimum Gasteiger partial charge on any atom is -0.486 e. The van der Waals surface area contributed by atoms with Gasteiger partial charge in [-0.3, -0.25) is 0 Å². The lowest BCUT2D eigenvalue weighted by Gasteiger charge is -2.34. The maximum Gasteiger partial charge on any atom is 0.163 e. The topological polar surface area (TPSA) is 33.7 Å². The fourth-order valence-corrected chi connectivity index (χ4v) is 2.66. The highest BCUT2D eigenvalue weighted by molar-refractivity contribution is 5.57. The molecule has 0 aromatic heterocycles. The van der Waals surface area contributed by atoms with Crippen molar-refractivity contribution >= 4 is 5.69 Å². The van der Waals surface area contributed by atoms with Gasteiger partial charge in [-0.15, -0.1) is 0 Å². The van der Waals surface area contributed by atoms with Crippen molar-refractivity contribution in [3.8, 4) is 11.5 Å². The van der Waals surface area contributed by atoms with Gasteiger partial charge in [0.05, 0.1) is 0 Å². The number of benzene rings is 1. The van der Waals surface area contributed by atoms with Gasteiger partial charge in [0.2, 0.25) is 0 Å². The van der Waals surface area contributed by atoms with E-state index in [0.717, 1.165) is 24.6 Å². The van der Waals surface area contributed by atoms with Gasteiger partial charge in [0.1, 0.15) is 13.2 Å². The first kappa shape index (κ1) is 11.7. The van der Waals surface area contributed by atoms with Gasteiger partial charge in [-0.1, -0.05) is 0 Å². The molecular weight excluding hydrogens is 228 g/mol. The van der Waals surface area contributed by atoms with Gasteiger partial charge in [-0.2, -0.15) is 0 Å². The maximum atomic E-state index is 5.63. The Kier molecular flexibility index (Phi) is 3.28. The fourth-order valence-electron chi connectivity index (χ4n) is 2.66. The Labute approximate surface area is 108 Å². The minimum atomic E-state index is 0.651. The van der Waals surface area contributed by atoms with Crippen LogP contribution >= 0.6 is 0 Å². The smallest absolute Gasteiger partial charge is 0.163 e. The van der Waals surface area contributed by atoms with E-state index < -0.39 is 0 Å². The van der Waals surface area contributed by atoms with Crippen LogP contribution in [0.1, 0.15) is 12.8 Å². The number of hydrogen-bond acceptors (Lipinski definition) is 4. The van der Waals surface area contributed by atoms with E-state index in [1.807, 2.05) is 13.1 Å². The lowest BCUT2D eigenvalue weighted by molar-refractivity contribution is 0.171. The molecule has 2 aliphatic heterocycles. The molecule has 0 aliphatic carbocycles. The van der Waals surface area contributed by atoms with Crippen LogP contribution in [0.15, 0.2) is 18.2 Å². The van der Waals surface area contributed by atoms with E-state index in [2.05, 4.69) is 22.3 Å². The predicted octanol–water partition coefficient (Wildman–Crippen LogP) is 1.65. The number of rotatable bonds is 2. The summed E-state index contributed by atoms with van der Waals surface area (Å²) < 4.78 is 11.2. The SMILES string of the molecule is CNC1CCN(c2ccc3c(c2)OCCO3)CC1. The van der Waals surface area contributed by atoms with E-state index in [0.29, 0.717) is 19.3 Å². The molecule has 4 heteroatoms. The molecule has 1 fully saturated rings.